The van der Waals surface area contributed by atoms with Gasteiger partial charge in [0.2, 0.25) is 0 Å². The van der Waals surface area contributed by atoms with Crippen molar-refractivity contribution in [2.45, 2.75) is 0 Å². The minimum Gasteiger partial charge on any atom is -0.456 e. The lowest BCUT2D eigenvalue weighted by Gasteiger charge is -2.12. The van der Waals surface area contributed by atoms with E-state index in [1.807, 2.05) is 17.4 Å². The maximum atomic E-state index is 6.45. The van der Waals surface area contributed by atoms with Crippen LogP contribution in [0.25, 0.3) is 97.6 Å². The molecule has 0 aliphatic heterocycles. The largest absolute Gasteiger partial charge is 0.456 e. The van der Waals surface area contributed by atoms with Crippen molar-refractivity contribution in [3.63, 3.8) is 0 Å². The molecule has 0 bridgehead atoms. The summed E-state index contributed by atoms with van der Waals surface area (Å²) in [4.78, 5) is 10.4. The molecule has 3 aromatic heterocycles. The Hall–Kier alpha value is -5.84. The minimum absolute atomic E-state index is 0.709. The molecular formula is C42H24N2OS. The van der Waals surface area contributed by atoms with Crippen LogP contribution in [0.5, 0.6) is 0 Å². The van der Waals surface area contributed by atoms with Gasteiger partial charge in [-0.15, -0.1) is 11.3 Å². The highest BCUT2D eigenvalue weighted by Crippen LogP contribution is 2.43. The first-order valence-electron chi connectivity index (χ1n) is 15.4. The first kappa shape index (κ1) is 25.5. The summed E-state index contributed by atoms with van der Waals surface area (Å²) in [7, 11) is 0. The van der Waals surface area contributed by atoms with E-state index >= 15 is 0 Å². The standard InChI is InChI=1S/C42H24N2OS/c1-2-10-25(11-3-1)33-22-28(24-38-40(33)32-15-7-9-17-37(32)46-38)42-43-34-16-8-6-14-30(34)41(44-42)27-18-20-31-36(23-27)45-35-21-19-26-12-4-5-13-29(26)39(31)35/h1-24H. The molecule has 3 heterocycles. The van der Waals surface area contributed by atoms with E-state index < -0.39 is 0 Å². The van der Waals surface area contributed by atoms with E-state index in [-0.39, 0.29) is 0 Å². The number of fused-ring (bicyclic) bond motifs is 9. The molecule has 10 aromatic rings. The fourth-order valence-corrected chi connectivity index (χ4v) is 8.12. The number of nitrogens with zero attached hydrogens (tertiary/aromatic N) is 2. The lowest BCUT2D eigenvalue weighted by atomic mass is 9.96. The van der Waals surface area contributed by atoms with Crippen molar-refractivity contribution in [1.29, 1.82) is 0 Å². The monoisotopic (exact) mass is 604 g/mol. The zero-order chi connectivity index (χ0) is 30.2. The van der Waals surface area contributed by atoms with E-state index in [4.69, 9.17) is 14.4 Å². The summed E-state index contributed by atoms with van der Waals surface area (Å²) in [5, 5.41) is 8.23. The van der Waals surface area contributed by atoms with Crippen LogP contribution in [0.3, 0.4) is 0 Å². The van der Waals surface area contributed by atoms with Gasteiger partial charge in [-0.2, -0.15) is 0 Å². The molecule has 3 nitrogen and oxygen atoms in total. The Morgan fingerprint density at radius 2 is 1.24 bits per heavy atom. The second-order valence-corrected chi connectivity index (χ2v) is 12.8. The molecule has 46 heavy (non-hydrogen) atoms. The van der Waals surface area contributed by atoms with Crippen molar-refractivity contribution in [3.8, 4) is 33.8 Å². The zero-order valence-electron chi connectivity index (χ0n) is 24.6. The van der Waals surface area contributed by atoms with E-state index in [0.717, 1.165) is 49.7 Å². The summed E-state index contributed by atoms with van der Waals surface area (Å²) in [5.74, 6) is 0.709. The van der Waals surface area contributed by atoms with E-state index in [1.165, 1.54) is 42.1 Å². The number of benzene rings is 7. The number of rotatable bonds is 3. The molecule has 0 saturated heterocycles. The zero-order valence-corrected chi connectivity index (χ0v) is 25.4. The molecule has 4 heteroatoms. The van der Waals surface area contributed by atoms with Gasteiger partial charge in [-0.05, 0) is 64.4 Å². The highest BCUT2D eigenvalue weighted by Gasteiger charge is 2.18. The van der Waals surface area contributed by atoms with Gasteiger partial charge in [0.1, 0.15) is 11.2 Å². The van der Waals surface area contributed by atoms with Gasteiger partial charge in [0.15, 0.2) is 5.82 Å². The van der Waals surface area contributed by atoms with Crippen LogP contribution in [0.15, 0.2) is 150 Å². The Kier molecular flexibility index (Phi) is 5.45. The van der Waals surface area contributed by atoms with Crippen LogP contribution in [0.1, 0.15) is 0 Å². The van der Waals surface area contributed by atoms with Crippen molar-refractivity contribution in [3.05, 3.63) is 146 Å². The number of aromatic nitrogens is 2. The van der Waals surface area contributed by atoms with Gasteiger partial charge in [-0.1, -0.05) is 103 Å². The van der Waals surface area contributed by atoms with Crippen LogP contribution < -0.4 is 0 Å². The molecule has 10 rings (SSSR count). The normalized spacial score (nSPS) is 11.9. The topological polar surface area (TPSA) is 38.9 Å². The Morgan fingerprint density at radius 1 is 0.457 bits per heavy atom. The van der Waals surface area contributed by atoms with Crippen molar-refractivity contribution < 1.29 is 4.42 Å². The number of hydrogen-bond donors (Lipinski definition) is 0. The van der Waals surface area contributed by atoms with Crippen LogP contribution >= 0.6 is 11.3 Å². The maximum absolute atomic E-state index is 6.45. The number of hydrogen-bond acceptors (Lipinski definition) is 4. The summed E-state index contributed by atoms with van der Waals surface area (Å²) in [5.41, 5.74) is 7.93. The highest BCUT2D eigenvalue weighted by atomic mass is 32.1. The van der Waals surface area contributed by atoms with E-state index in [2.05, 4.69) is 140 Å². The molecule has 214 valence electrons. The quantitative estimate of drug-likeness (QED) is 0.201. The molecule has 0 aliphatic carbocycles. The van der Waals surface area contributed by atoms with Crippen molar-refractivity contribution in [2.75, 3.05) is 0 Å². The molecule has 0 N–H and O–H groups in total. The van der Waals surface area contributed by atoms with Crippen LogP contribution in [0.2, 0.25) is 0 Å². The average Bonchev–Trinajstić information content (AvgIpc) is 3.69. The van der Waals surface area contributed by atoms with Gasteiger partial charge in [-0.25, -0.2) is 9.97 Å². The summed E-state index contributed by atoms with van der Waals surface area (Å²) in [6, 6.07) is 51.3. The lowest BCUT2D eigenvalue weighted by Crippen LogP contribution is -1.95. The van der Waals surface area contributed by atoms with Gasteiger partial charge in [0, 0.05) is 47.5 Å². The second-order valence-electron chi connectivity index (χ2n) is 11.7. The third kappa shape index (κ3) is 3.84. The molecule has 0 amide bonds. The Labute approximate surface area is 268 Å². The summed E-state index contributed by atoms with van der Waals surface area (Å²) >= 11 is 1.82. The van der Waals surface area contributed by atoms with Gasteiger partial charge in [0.25, 0.3) is 0 Å². The van der Waals surface area contributed by atoms with Gasteiger partial charge >= 0.3 is 0 Å². The summed E-state index contributed by atoms with van der Waals surface area (Å²) in [6.45, 7) is 0. The molecule has 0 radical (unpaired) electrons. The molecule has 0 fully saturated rings. The van der Waals surface area contributed by atoms with Crippen LogP contribution in [0, 0.1) is 0 Å². The van der Waals surface area contributed by atoms with E-state index in [0.29, 0.717) is 5.82 Å². The smallest absolute Gasteiger partial charge is 0.160 e. The number of para-hydroxylation sites is 1. The molecule has 0 saturated carbocycles. The average molecular weight is 605 g/mol. The molecule has 0 unspecified atom stereocenters. The first-order valence-corrected chi connectivity index (χ1v) is 16.2. The predicted octanol–water partition coefficient (Wildman–Crippen LogP) is 12.1. The Morgan fingerprint density at radius 3 is 2.15 bits per heavy atom. The SMILES string of the molecule is c1ccc(-c2cc(-c3nc(-c4ccc5c(c4)oc4ccc6ccccc6c45)c4ccccc4n3)cc3sc4ccccc4c23)cc1. The van der Waals surface area contributed by atoms with E-state index in [9.17, 15) is 0 Å². The fraction of sp³-hybridized carbons (Fsp3) is 0. The third-order valence-corrected chi connectivity index (χ3v) is 10.2. The molecule has 0 atom stereocenters. The first-order chi connectivity index (χ1) is 22.8. The van der Waals surface area contributed by atoms with Crippen LogP contribution in [0.4, 0.5) is 0 Å². The van der Waals surface area contributed by atoms with Crippen molar-refractivity contribution in [2.24, 2.45) is 0 Å². The van der Waals surface area contributed by atoms with Gasteiger partial charge in [-0.3, -0.25) is 0 Å². The van der Waals surface area contributed by atoms with Gasteiger partial charge in [0.05, 0.1) is 11.2 Å². The molecule has 0 spiro atoms. The molecular weight excluding hydrogens is 581 g/mol. The second kappa shape index (κ2) is 9.83. The van der Waals surface area contributed by atoms with Gasteiger partial charge < -0.3 is 4.42 Å². The fourth-order valence-electron chi connectivity index (χ4n) is 6.95. The van der Waals surface area contributed by atoms with Crippen LogP contribution in [-0.4, -0.2) is 9.97 Å². The summed E-state index contributed by atoms with van der Waals surface area (Å²) < 4.78 is 8.95. The third-order valence-electron chi connectivity index (χ3n) is 9.06. The number of thiophene rings is 1. The van der Waals surface area contributed by atoms with E-state index in [1.54, 1.807) is 0 Å². The van der Waals surface area contributed by atoms with Crippen LogP contribution in [-0.2, 0) is 0 Å². The molecule has 0 aliphatic rings. The summed E-state index contributed by atoms with van der Waals surface area (Å²) in [6.07, 6.45) is 0. The Balaban J connectivity index is 1.21. The van der Waals surface area contributed by atoms with Crippen molar-refractivity contribution in [1.82, 2.24) is 9.97 Å². The minimum atomic E-state index is 0.709. The van der Waals surface area contributed by atoms with Crippen molar-refractivity contribution >= 4 is 75.1 Å². The Bertz CT molecular complexity index is 2810. The predicted molar refractivity (Wildman–Crippen MR) is 194 cm³/mol. The maximum Gasteiger partial charge on any atom is 0.160 e. The molecule has 7 aromatic carbocycles. The lowest BCUT2D eigenvalue weighted by molar-refractivity contribution is 0.669. The highest BCUT2D eigenvalue weighted by molar-refractivity contribution is 7.26. The number of furan rings is 1.